The van der Waals surface area contributed by atoms with Crippen LogP contribution in [0.4, 0.5) is 13.2 Å². The lowest BCUT2D eigenvalue weighted by atomic mass is 9.48. The van der Waals surface area contributed by atoms with Crippen LogP contribution in [0, 0.1) is 28.6 Å². The maximum absolute atomic E-state index is 12.7. The van der Waals surface area contributed by atoms with E-state index in [0.29, 0.717) is 24.2 Å². The first-order valence-electron chi connectivity index (χ1n) is 10.9. The van der Waals surface area contributed by atoms with E-state index in [2.05, 4.69) is 24.1 Å². The van der Waals surface area contributed by atoms with E-state index in [9.17, 15) is 26.4 Å². The lowest BCUT2D eigenvalue weighted by Gasteiger charge is -2.56. The van der Waals surface area contributed by atoms with Crippen LogP contribution in [0.15, 0.2) is 23.5 Å². The van der Waals surface area contributed by atoms with Gasteiger partial charge < -0.3 is 8.92 Å². The summed E-state index contributed by atoms with van der Waals surface area (Å²) in [6.45, 7) is 5.82. The zero-order chi connectivity index (χ0) is 22.8. The molecule has 0 bridgehead atoms. The summed E-state index contributed by atoms with van der Waals surface area (Å²) in [6, 6.07) is 0. The van der Waals surface area contributed by atoms with Gasteiger partial charge in [0.1, 0.15) is 11.9 Å². The van der Waals surface area contributed by atoms with E-state index in [1.54, 1.807) is 0 Å². The number of carbonyl (C=O) groups is 1. The highest BCUT2D eigenvalue weighted by Gasteiger charge is 2.59. The summed E-state index contributed by atoms with van der Waals surface area (Å²) in [4.78, 5) is 11.6. The fourth-order valence-corrected chi connectivity index (χ4v) is 7.41. The Hall–Kier alpha value is -1.51. The number of carbonyl (C=O) groups excluding carboxylic acids is 1. The van der Waals surface area contributed by atoms with Gasteiger partial charge in [0.25, 0.3) is 0 Å². The molecule has 9 heteroatoms. The van der Waals surface area contributed by atoms with E-state index in [0.717, 1.165) is 37.7 Å². The molecule has 0 N–H and O–H groups in total. The van der Waals surface area contributed by atoms with Crippen molar-refractivity contribution in [1.29, 1.82) is 0 Å². The second kappa shape index (κ2) is 7.25. The van der Waals surface area contributed by atoms with Gasteiger partial charge in [-0.2, -0.15) is 21.6 Å². The Bertz CT molecular complexity index is 937. The highest BCUT2D eigenvalue weighted by molar-refractivity contribution is 7.87. The molecule has 0 aromatic carbocycles. The zero-order valence-corrected chi connectivity index (χ0v) is 18.8. The third-order valence-corrected chi connectivity index (χ3v) is 9.45. The minimum atomic E-state index is -5.65. The molecule has 0 heterocycles. The molecule has 174 valence electrons. The van der Waals surface area contributed by atoms with Gasteiger partial charge in [0.15, 0.2) is 0 Å². The van der Waals surface area contributed by atoms with Crippen LogP contribution in [-0.4, -0.2) is 26.0 Å². The molecule has 31 heavy (non-hydrogen) atoms. The Morgan fingerprint density at radius 2 is 1.84 bits per heavy atom. The molecular weight excluding hydrogens is 433 g/mol. The van der Waals surface area contributed by atoms with Gasteiger partial charge in [-0.05, 0) is 73.3 Å². The zero-order valence-electron chi connectivity index (χ0n) is 18.0. The standard InChI is InChI=1S/C22H29F3O5S/c1-13(26)29-19-7-6-17-16-5-4-14-12-15(30-31(27,28)22(23,24)25)8-10-20(14,2)18(16)9-11-21(17,19)3/h4,12,16-19H,5-11H2,1-3H3/t16-,17-,18-,19?,20-,21-/m0/s1. The Kier molecular flexibility index (Phi) is 5.30. The van der Waals surface area contributed by atoms with E-state index in [1.807, 2.05) is 0 Å². The molecule has 0 radical (unpaired) electrons. The smallest absolute Gasteiger partial charge is 0.462 e. The molecule has 5 nitrogen and oxygen atoms in total. The van der Waals surface area contributed by atoms with Crippen LogP contribution >= 0.6 is 0 Å². The molecule has 4 aliphatic carbocycles. The molecule has 2 saturated carbocycles. The largest absolute Gasteiger partial charge is 0.534 e. The molecule has 4 rings (SSSR count). The second-order valence-electron chi connectivity index (χ2n) is 10.0. The number of hydrogen-bond donors (Lipinski definition) is 0. The molecule has 6 atom stereocenters. The van der Waals surface area contributed by atoms with Gasteiger partial charge in [0.2, 0.25) is 0 Å². The number of ether oxygens (including phenoxy) is 1. The predicted molar refractivity (Wildman–Crippen MR) is 107 cm³/mol. The van der Waals surface area contributed by atoms with Crippen molar-refractivity contribution in [3.05, 3.63) is 23.5 Å². The summed E-state index contributed by atoms with van der Waals surface area (Å²) in [5.74, 6) is 0.820. The minimum Gasteiger partial charge on any atom is -0.462 e. The summed E-state index contributed by atoms with van der Waals surface area (Å²) in [6.07, 6.45) is 8.75. The van der Waals surface area contributed by atoms with Gasteiger partial charge in [-0.15, -0.1) is 0 Å². The molecule has 0 amide bonds. The molecule has 0 aliphatic heterocycles. The molecule has 0 aromatic rings. The number of halogens is 3. The van der Waals surface area contributed by atoms with E-state index in [1.165, 1.54) is 13.0 Å². The van der Waals surface area contributed by atoms with Crippen molar-refractivity contribution < 1.29 is 35.3 Å². The monoisotopic (exact) mass is 462 g/mol. The van der Waals surface area contributed by atoms with E-state index in [-0.39, 0.29) is 35.1 Å². The summed E-state index contributed by atoms with van der Waals surface area (Å²) in [5, 5.41) is 0. The van der Waals surface area contributed by atoms with Crippen molar-refractivity contribution in [3.63, 3.8) is 0 Å². The van der Waals surface area contributed by atoms with Crippen LogP contribution in [0.5, 0.6) is 0 Å². The number of esters is 1. The predicted octanol–water partition coefficient (Wildman–Crippen LogP) is 5.24. The van der Waals surface area contributed by atoms with Gasteiger partial charge in [0, 0.05) is 18.8 Å². The first kappa shape index (κ1) is 22.7. The third-order valence-electron chi connectivity index (χ3n) is 8.45. The van der Waals surface area contributed by atoms with E-state index >= 15 is 0 Å². The van der Waals surface area contributed by atoms with E-state index in [4.69, 9.17) is 4.74 Å². The summed E-state index contributed by atoms with van der Waals surface area (Å²) >= 11 is 0. The third kappa shape index (κ3) is 3.60. The molecule has 4 aliphatic rings. The number of allylic oxidation sites excluding steroid dienone is 4. The number of fused-ring (bicyclic) bond motifs is 5. The molecule has 2 fully saturated rings. The lowest BCUT2D eigenvalue weighted by molar-refractivity contribution is -0.156. The van der Waals surface area contributed by atoms with Gasteiger partial charge in [0.05, 0.1) is 0 Å². The molecular formula is C22H29F3O5S. The summed E-state index contributed by atoms with van der Waals surface area (Å²) in [5.41, 5.74) is -4.83. The fourth-order valence-electron chi connectivity index (χ4n) is 6.90. The van der Waals surface area contributed by atoms with Crippen molar-refractivity contribution in [2.45, 2.75) is 77.3 Å². The maximum Gasteiger partial charge on any atom is 0.534 e. The summed E-state index contributed by atoms with van der Waals surface area (Å²) < 4.78 is 71.0. The van der Waals surface area contributed by atoms with Gasteiger partial charge >= 0.3 is 21.6 Å². The Morgan fingerprint density at radius 1 is 1.13 bits per heavy atom. The summed E-state index contributed by atoms with van der Waals surface area (Å²) in [7, 11) is -5.65. The fraction of sp³-hybridized carbons (Fsp3) is 0.773. The van der Waals surface area contributed by atoms with Crippen molar-refractivity contribution in [1.82, 2.24) is 0 Å². The molecule has 0 aromatic heterocycles. The van der Waals surface area contributed by atoms with Crippen molar-refractivity contribution in [3.8, 4) is 0 Å². The van der Waals surface area contributed by atoms with Gasteiger partial charge in [-0.3, -0.25) is 4.79 Å². The lowest BCUT2D eigenvalue weighted by Crippen LogP contribution is -2.50. The maximum atomic E-state index is 12.7. The highest BCUT2D eigenvalue weighted by Crippen LogP contribution is 2.65. The molecule has 1 unspecified atom stereocenters. The number of rotatable bonds is 3. The van der Waals surface area contributed by atoms with Crippen LogP contribution in [0.25, 0.3) is 0 Å². The molecule has 0 spiro atoms. The van der Waals surface area contributed by atoms with E-state index < -0.39 is 15.6 Å². The van der Waals surface area contributed by atoms with Crippen LogP contribution in [0.2, 0.25) is 0 Å². The number of hydrogen-bond acceptors (Lipinski definition) is 5. The molecule has 0 saturated heterocycles. The Morgan fingerprint density at radius 3 is 2.48 bits per heavy atom. The van der Waals surface area contributed by atoms with Crippen molar-refractivity contribution in [2.24, 2.45) is 28.6 Å². The highest BCUT2D eigenvalue weighted by atomic mass is 32.2. The van der Waals surface area contributed by atoms with Crippen LogP contribution in [0.3, 0.4) is 0 Å². The van der Waals surface area contributed by atoms with Gasteiger partial charge in [-0.25, -0.2) is 0 Å². The normalized spacial score (nSPS) is 40.1. The van der Waals surface area contributed by atoms with Gasteiger partial charge in [-0.1, -0.05) is 19.9 Å². The minimum absolute atomic E-state index is 0.0475. The number of alkyl halides is 3. The van der Waals surface area contributed by atoms with Crippen molar-refractivity contribution >= 4 is 16.1 Å². The first-order chi connectivity index (χ1) is 14.3. The first-order valence-corrected chi connectivity index (χ1v) is 12.3. The quantitative estimate of drug-likeness (QED) is 0.326. The van der Waals surface area contributed by atoms with Crippen LogP contribution in [-0.2, 0) is 23.8 Å². The van der Waals surface area contributed by atoms with Crippen LogP contribution < -0.4 is 0 Å². The second-order valence-corrected chi connectivity index (χ2v) is 11.5. The Balaban J connectivity index is 1.58. The SMILES string of the molecule is CC(=O)OC1CC[C@H]2[C@@H]3CC=C4C=C(OS(=O)(=O)C(F)(F)F)CC[C@]4(C)[C@H]3CC[C@]12C. The Labute approximate surface area is 181 Å². The average molecular weight is 463 g/mol. The average Bonchev–Trinajstić information content (AvgIpc) is 2.97. The topological polar surface area (TPSA) is 69.7 Å². The van der Waals surface area contributed by atoms with Crippen LogP contribution in [0.1, 0.15) is 65.7 Å². The van der Waals surface area contributed by atoms with Crippen molar-refractivity contribution in [2.75, 3.05) is 0 Å².